The molecule has 5 aromatic carbocycles. The molecule has 0 atom stereocenters. The summed E-state index contributed by atoms with van der Waals surface area (Å²) in [5, 5.41) is -1.74. The second-order valence-corrected chi connectivity index (χ2v) is 7.72. The van der Waals surface area contributed by atoms with E-state index in [9.17, 15) is 8.78 Å². The lowest BCUT2D eigenvalue weighted by atomic mass is 9.85. The third-order valence-corrected chi connectivity index (χ3v) is 5.88. The molecule has 0 unspecified atom stereocenters. The fraction of sp³-hybridized carbons (Fsp3) is 0.0370. The van der Waals surface area contributed by atoms with Gasteiger partial charge in [-0.05, 0) is 29.1 Å². The predicted octanol–water partition coefficient (Wildman–Crippen LogP) is 8.31. The van der Waals surface area contributed by atoms with Crippen molar-refractivity contribution in [3.63, 3.8) is 0 Å². The zero-order valence-electron chi connectivity index (χ0n) is 17.8. The summed E-state index contributed by atoms with van der Waals surface area (Å²) in [5.41, 5.74) is -1.84. The van der Waals surface area contributed by atoms with E-state index in [1.807, 2.05) is 0 Å². The van der Waals surface area contributed by atoms with Gasteiger partial charge in [0.2, 0.25) is 11.6 Å². The summed E-state index contributed by atoms with van der Waals surface area (Å²) in [6.07, 6.45) is 0. The number of rotatable bonds is 3. The molecule has 0 aliphatic rings. The van der Waals surface area contributed by atoms with Gasteiger partial charge < -0.3 is 4.74 Å². The molecule has 0 saturated carbocycles. The molecule has 0 aliphatic carbocycles. The average Bonchev–Trinajstić information content (AvgIpc) is 2.86. The Bertz CT molecular complexity index is 1620. The lowest BCUT2D eigenvalue weighted by Gasteiger charge is -2.20. The summed E-state index contributed by atoms with van der Waals surface area (Å²) in [5.74, 6) is -12.2. The molecule has 0 N–H and O–H groups in total. The number of ether oxygens (including phenoxy) is 1. The van der Waals surface area contributed by atoms with Crippen LogP contribution in [0.4, 0.5) is 30.7 Å². The molecule has 0 heterocycles. The fourth-order valence-electron chi connectivity index (χ4n) is 4.45. The van der Waals surface area contributed by atoms with Gasteiger partial charge in [0.05, 0.1) is 12.7 Å². The van der Waals surface area contributed by atoms with Gasteiger partial charge in [0, 0.05) is 27.3 Å². The van der Waals surface area contributed by atoms with Crippen molar-refractivity contribution >= 4 is 21.5 Å². The van der Waals surface area contributed by atoms with Crippen LogP contribution in [-0.4, -0.2) is 7.11 Å². The Balaban J connectivity index is 2.14. The molecule has 0 saturated heterocycles. The Labute approximate surface area is 194 Å². The first kappa shape index (κ1) is 22.7. The highest BCUT2D eigenvalue weighted by Crippen LogP contribution is 2.48. The number of halogens is 7. The van der Waals surface area contributed by atoms with Gasteiger partial charge >= 0.3 is 0 Å². The normalized spacial score (nSPS) is 11.4. The Morgan fingerprint density at radius 2 is 1.03 bits per heavy atom. The molecule has 5 rings (SSSR count). The molecule has 176 valence electrons. The minimum absolute atomic E-state index is 0.0429. The van der Waals surface area contributed by atoms with Crippen LogP contribution in [0.3, 0.4) is 0 Å². The quantitative estimate of drug-likeness (QED) is 0.142. The molecule has 35 heavy (non-hydrogen) atoms. The van der Waals surface area contributed by atoms with Crippen LogP contribution in [0.5, 0.6) is 5.75 Å². The standard InChI is InChI=1S/C27H13F7O/c1-35-27-25(33)23(31)22(24(32)26(27)34)21-18-13(8-5-9-14(18)28)17(12-6-3-2-4-7-12)19-15(29)10-11-16(30)20(19)21/h2-11H,1H3. The first-order chi connectivity index (χ1) is 16.8. The molecule has 0 radical (unpaired) electrons. The highest BCUT2D eigenvalue weighted by molar-refractivity contribution is 6.22. The maximum atomic E-state index is 15.3. The van der Waals surface area contributed by atoms with Crippen molar-refractivity contribution in [1.29, 1.82) is 0 Å². The fourth-order valence-corrected chi connectivity index (χ4v) is 4.45. The zero-order chi connectivity index (χ0) is 25.0. The van der Waals surface area contributed by atoms with Gasteiger partial charge in [-0.1, -0.05) is 42.5 Å². The number of fused-ring (bicyclic) bond motifs is 2. The molecule has 8 heteroatoms. The van der Waals surface area contributed by atoms with Crippen molar-refractivity contribution in [2.24, 2.45) is 0 Å². The van der Waals surface area contributed by atoms with E-state index in [0.717, 1.165) is 19.2 Å². The van der Waals surface area contributed by atoms with E-state index in [0.29, 0.717) is 11.6 Å². The third-order valence-electron chi connectivity index (χ3n) is 5.88. The summed E-state index contributed by atoms with van der Waals surface area (Å²) in [4.78, 5) is 0. The van der Waals surface area contributed by atoms with Crippen molar-refractivity contribution in [3.05, 3.63) is 101 Å². The van der Waals surface area contributed by atoms with E-state index in [1.54, 1.807) is 30.3 Å². The van der Waals surface area contributed by atoms with Crippen LogP contribution in [0.1, 0.15) is 0 Å². The zero-order valence-corrected chi connectivity index (χ0v) is 17.8. The van der Waals surface area contributed by atoms with Crippen LogP contribution in [0.15, 0.2) is 60.7 Å². The predicted molar refractivity (Wildman–Crippen MR) is 119 cm³/mol. The Hall–Kier alpha value is -4.07. The molecule has 0 aliphatic heterocycles. The van der Waals surface area contributed by atoms with Crippen LogP contribution >= 0.6 is 0 Å². The number of benzene rings is 5. The van der Waals surface area contributed by atoms with Crippen molar-refractivity contribution < 1.29 is 35.5 Å². The van der Waals surface area contributed by atoms with Crippen LogP contribution < -0.4 is 4.74 Å². The SMILES string of the molecule is COc1c(F)c(F)c(-c2c3c(F)cccc3c(-c3ccccc3)c3c(F)ccc(F)c23)c(F)c1F. The summed E-state index contributed by atoms with van der Waals surface area (Å²) in [6.45, 7) is 0. The van der Waals surface area contributed by atoms with Crippen molar-refractivity contribution in [1.82, 2.24) is 0 Å². The summed E-state index contributed by atoms with van der Waals surface area (Å²) in [6, 6.07) is 13.1. The van der Waals surface area contributed by atoms with Gasteiger partial charge in [-0.2, -0.15) is 8.78 Å². The Kier molecular flexibility index (Phi) is 5.39. The van der Waals surface area contributed by atoms with Crippen LogP contribution in [0.25, 0.3) is 43.8 Å². The van der Waals surface area contributed by atoms with Crippen LogP contribution in [0, 0.1) is 40.7 Å². The molecule has 0 bridgehead atoms. The molecule has 0 fully saturated rings. The van der Waals surface area contributed by atoms with Gasteiger partial charge in [-0.3, -0.25) is 0 Å². The Morgan fingerprint density at radius 1 is 0.486 bits per heavy atom. The van der Waals surface area contributed by atoms with E-state index in [2.05, 4.69) is 4.74 Å². The molecule has 1 nitrogen and oxygen atoms in total. The summed E-state index contributed by atoms with van der Waals surface area (Å²) < 4.78 is 110. The molecular formula is C27H13F7O. The average molecular weight is 486 g/mol. The van der Waals surface area contributed by atoms with E-state index in [4.69, 9.17) is 0 Å². The topological polar surface area (TPSA) is 9.23 Å². The maximum Gasteiger partial charge on any atom is 0.204 e. The maximum absolute atomic E-state index is 15.3. The second kappa shape index (κ2) is 8.30. The number of hydrogen-bond donors (Lipinski definition) is 0. The van der Waals surface area contributed by atoms with E-state index >= 15 is 22.0 Å². The smallest absolute Gasteiger partial charge is 0.204 e. The molecule has 5 aromatic rings. The summed E-state index contributed by atoms with van der Waals surface area (Å²) in [7, 11) is 0.800. The third kappa shape index (κ3) is 3.24. The first-order valence-electron chi connectivity index (χ1n) is 10.3. The molecule has 0 spiro atoms. The van der Waals surface area contributed by atoms with E-state index in [1.165, 1.54) is 12.1 Å². The minimum atomic E-state index is -1.94. The van der Waals surface area contributed by atoms with Gasteiger partial charge in [0.25, 0.3) is 0 Å². The first-order valence-corrected chi connectivity index (χ1v) is 10.3. The van der Waals surface area contributed by atoms with Gasteiger partial charge in [-0.15, -0.1) is 0 Å². The molecular weight excluding hydrogens is 473 g/mol. The molecule has 0 aromatic heterocycles. The summed E-state index contributed by atoms with van der Waals surface area (Å²) >= 11 is 0. The lowest BCUT2D eigenvalue weighted by Crippen LogP contribution is -2.06. The van der Waals surface area contributed by atoms with Crippen LogP contribution in [0.2, 0.25) is 0 Å². The van der Waals surface area contributed by atoms with Gasteiger partial charge in [-0.25, -0.2) is 22.0 Å². The van der Waals surface area contributed by atoms with Crippen molar-refractivity contribution in [3.8, 4) is 28.0 Å². The largest absolute Gasteiger partial charge is 0.491 e. The number of hydrogen-bond acceptors (Lipinski definition) is 1. The molecule has 0 amide bonds. The monoisotopic (exact) mass is 486 g/mol. The van der Waals surface area contributed by atoms with E-state index in [-0.39, 0.29) is 10.9 Å². The highest BCUT2D eigenvalue weighted by atomic mass is 19.2. The van der Waals surface area contributed by atoms with Crippen molar-refractivity contribution in [2.75, 3.05) is 7.11 Å². The second-order valence-electron chi connectivity index (χ2n) is 7.72. The highest BCUT2D eigenvalue weighted by Gasteiger charge is 2.32. The lowest BCUT2D eigenvalue weighted by molar-refractivity contribution is 0.334. The van der Waals surface area contributed by atoms with Crippen molar-refractivity contribution in [2.45, 2.75) is 0 Å². The minimum Gasteiger partial charge on any atom is -0.491 e. The van der Waals surface area contributed by atoms with Crippen LogP contribution in [-0.2, 0) is 0 Å². The van der Waals surface area contributed by atoms with Gasteiger partial charge in [0.15, 0.2) is 17.4 Å². The Morgan fingerprint density at radius 3 is 1.60 bits per heavy atom. The number of methoxy groups -OCH3 is 1. The van der Waals surface area contributed by atoms with Gasteiger partial charge in [0.1, 0.15) is 17.5 Å². The van der Waals surface area contributed by atoms with E-state index < -0.39 is 73.8 Å².